The molecule has 4 heteroatoms. The molecule has 0 unspecified atom stereocenters. The van der Waals surface area contributed by atoms with Crippen LogP contribution in [-0.2, 0) is 6.54 Å². The molecule has 1 aliphatic carbocycles. The first-order valence-corrected chi connectivity index (χ1v) is 7.26. The van der Waals surface area contributed by atoms with Gasteiger partial charge in [-0.3, -0.25) is 0 Å². The van der Waals surface area contributed by atoms with Gasteiger partial charge in [0, 0.05) is 12.6 Å². The van der Waals surface area contributed by atoms with Gasteiger partial charge in [-0.15, -0.1) is 0 Å². The van der Waals surface area contributed by atoms with Crippen LogP contribution in [0.3, 0.4) is 0 Å². The average molecular weight is 314 g/mol. The molecular weight excluding hydrogens is 294 g/mol. The van der Waals surface area contributed by atoms with E-state index in [1.165, 1.54) is 24.8 Å². The molecule has 0 aromatic heterocycles. The van der Waals surface area contributed by atoms with E-state index in [-0.39, 0.29) is 0 Å². The third-order valence-electron chi connectivity index (χ3n) is 3.28. The van der Waals surface area contributed by atoms with Crippen molar-refractivity contribution in [1.82, 2.24) is 5.32 Å². The van der Waals surface area contributed by atoms with Crippen LogP contribution < -0.4 is 14.8 Å². The number of benzene rings is 1. The highest BCUT2D eigenvalue weighted by Gasteiger charge is 2.17. The number of rotatable bonds is 6. The second-order valence-electron chi connectivity index (χ2n) is 4.55. The molecule has 0 radical (unpaired) electrons. The summed E-state index contributed by atoms with van der Waals surface area (Å²) in [4.78, 5) is 0. The average Bonchev–Trinajstić information content (AvgIpc) is 2.30. The van der Waals surface area contributed by atoms with Gasteiger partial charge in [0.15, 0.2) is 11.5 Å². The Morgan fingerprint density at radius 1 is 1.39 bits per heavy atom. The normalized spacial score (nSPS) is 15.3. The maximum absolute atomic E-state index is 5.58. The molecule has 3 nitrogen and oxygen atoms in total. The lowest BCUT2D eigenvalue weighted by atomic mass is 9.93. The van der Waals surface area contributed by atoms with Gasteiger partial charge in [-0.05, 0) is 53.4 Å². The van der Waals surface area contributed by atoms with Crippen molar-refractivity contribution in [3.05, 3.63) is 22.2 Å². The first kappa shape index (κ1) is 13.7. The van der Waals surface area contributed by atoms with Crippen molar-refractivity contribution in [2.75, 3.05) is 13.7 Å². The molecule has 0 amide bonds. The molecule has 0 spiro atoms. The van der Waals surface area contributed by atoms with Gasteiger partial charge in [0.25, 0.3) is 0 Å². The van der Waals surface area contributed by atoms with Crippen LogP contribution in [0.1, 0.15) is 31.7 Å². The van der Waals surface area contributed by atoms with Crippen molar-refractivity contribution in [2.24, 2.45) is 0 Å². The Morgan fingerprint density at radius 3 is 2.72 bits per heavy atom. The minimum absolute atomic E-state index is 0.634. The summed E-state index contributed by atoms with van der Waals surface area (Å²) in [6, 6.07) is 4.84. The summed E-state index contributed by atoms with van der Waals surface area (Å²) in [7, 11) is 1.67. The van der Waals surface area contributed by atoms with E-state index < -0.39 is 0 Å². The van der Waals surface area contributed by atoms with Crippen molar-refractivity contribution in [1.29, 1.82) is 0 Å². The van der Waals surface area contributed by atoms with E-state index in [9.17, 15) is 0 Å². The molecule has 1 aliphatic rings. The predicted octanol–water partition coefficient (Wildman–Crippen LogP) is 3.50. The highest BCUT2D eigenvalue weighted by Crippen LogP contribution is 2.36. The van der Waals surface area contributed by atoms with Crippen LogP contribution in [0.4, 0.5) is 0 Å². The molecule has 0 aliphatic heterocycles. The zero-order valence-corrected chi connectivity index (χ0v) is 12.5. The van der Waals surface area contributed by atoms with Gasteiger partial charge in [0.2, 0.25) is 0 Å². The van der Waals surface area contributed by atoms with Gasteiger partial charge < -0.3 is 14.8 Å². The molecule has 1 saturated carbocycles. The lowest BCUT2D eigenvalue weighted by molar-refractivity contribution is 0.308. The van der Waals surface area contributed by atoms with Crippen LogP contribution in [0.2, 0.25) is 0 Å². The van der Waals surface area contributed by atoms with E-state index in [1.54, 1.807) is 7.11 Å². The SMILES string of the molecule is CCOc1c(Br)cc(CNC2CCC2)cc1OC. The highest BCUT2D eigenvalue weighted by atomic mass is 79.9. The summed E-state index contributed by atoms with van der Waals surface area (Å²) in [6.45, 7) is 3.48. The molecule has 1 aromatic rings. The van der Waals surface area contributed by atoms with Crippen molar-refractivity contribution in [3.8, 4) is 11.5 Å². The molecule has 1 aromatic carbocycles. The van der Waals surface area contributed by atoms with Crippen LogP contribution in [0.5, 0.6) is 11.5 Å². The number of hydrogen-bond acceptors (Lipinski definition) is 3. The van der Waals surface area contributed by atoms with E-state index in [0.29, 0.717) is 12.6 Å². The van der Waals surface area contributed by atoms with Crippen LogP contribution in [0.25, 0.3) is 0 Å². The monoisotopic (exact) mass is 313 g/mol. The lowest BCUT2D eigenvalue weighted by Crippen LogP contribution is -2.34. The van der Waals surface area contributed by atoms with Gasteiger partial charge in [0.05, 0.1) is 18.2 Å². The summed E-state index contributed by atoms with van der Waals surface area (Å²) in [5.41, 5.74) is 1.22. The summed E-state index contributed by atoms with van der Waals surface area (Å²) < 4.78 is 11.9. The minimum atomic E-state index is 0.634. The molecular formula is C14H20BrNO2. The number of hydrogen-bond donors (Lipinski definition) is 1. The minimum Gasteiger partial charge on any atom is -0.493 e. The van der Waals surface area contributed by atoms with E-state index in [0.717, 1.165) is 22.5 Å². The number of methoxy groups -OCH3 is 1. The predicted molar refractivity (Wildman–Crippen MR) is 76.3 cm³/mol. The van der Waals surface area contributed by atoms with Gasteiger partial charge in [-0.25, -0.2) is 0 Å². The zero-order valence-electron chi connectivity index (χ0n) is 11.0. The third-order valence-corrected chi connectivity index (χ3v) is 3.87. The molecule has 0 heterocycles. The Morgan fingerprint density at radius 2 is 2.17 bits per heavy atom. The number of halogens is 1. The molecule has 2 rings (SSSR count). The number of nitrogens with one attached hydrogen (secondary N) is 1. The Kier molecular flexibility index (Phi) is 4.89. The smallest absolute Gasteiger partial charge is 0.175 e. The summed E-state index contributed by atoms with van der Waals surface area (Å²) in [5, 5.41) is 3.55. The largest absolute Gasteiger partial charge is 0.493 e. The fourth-order valence-corrected chi connectivity index (χ4v) is 2.64. The highest BCUT2D eigenvalue weighted by molar-refractivity contribution is 9.10. The third kappa shape index (κ3) is 3.18. The van der Waals surface area contributed by atoms with Gasteiger partial charge >= 0.3 is 0 Å². The molecule has 18 heavy (non-hydrogen) atoms. The lowest BCUT2D eigenvalue weighted by Gasteiger charge is -2.26. The standard InChI is InChI=1S/C14H20BrNO2/c1-3-18-14-12(15)7-10(8-13(14)17-2)9-16-11-5-4-6-11/h7-8,11,16H,3-6,9H2,1-2H3. The zero-order chi connectivity index (χ0) is 13.0. The van der Waals surface area contributed by atoms with Gasteiger partial charge in [-0.2, -0.15) is 0 Å². The van der Waals surface area contributed by atoms with E-state index >= 15 is 0 Å². The quantitative estimate of drug-likeness (QED) is 0.872. The van der Waals surface area contributed by atoms with Crippen LogP contribution in [-0.4, -0.2) is 19.8 Å². The summed E-state index contributed by atoms with van der Waals surface area (Å²) in [5.74, 6) is 1.57. The van der Waals surface area contributed by atoms with Crippen LogP contribution >= 0.6 is 15.9 Å². The molecule has 1 N–H and O–H groups in total. The van der Waals surface area contributed by atoms with E-state index in [4.69, 9.17) is 9.47 Å². The van der Waals surface area contributed by atoms with E-state index in [1.807, 2.05) is 13.0 Å². The Bertz CT molecular complexity index is 405. The van der Waals surface area contributed by atoms with Gasteiger partial charge in [-0.1, -0.05) is 6.42 Å². The first-order valence-electron chi connectivity index (χ1n) is 6.47. The fraction of sp³-hybridized carbons (Fsp3) is 0.571. The van der Waals surface area contributed by atoms with Crippen LogP contribution in [0.15, 0.2) is 16.6 Å². The Hall–Kier alpha value is -0.740. The number of ether oxygens (including phenoxy) is 2. The topological polar surface area (TPSA) is 30.5 Å². The van der Waals surface area contributed by atoms with Gasteiger partial charge in [0.1, 0.15) is 0 Å². The molecule has 1 fully saturated rings. The first-order chi connectivity index (χ1) is 8.74. The maximum atomic E-state index is 5.58. The van der Waals surface area contributed by atoms with Crippen molar-refractivity contribution in [3.63, 3.8) is 0 Å². The van der Waals surface area contributed by atoms with E-state index in [2.05, 4.69) is 27.3 Å². The Labute approximate surface area is 117 Å². The second kappa shape index (κ2) is 6.43. The molecule has 0 saturated heterocycles. The summed E-state index contributed by atoms with van der Waals surface area (Å²) >= 11 is 3.55. The molecule has 100 valence electrons. The fourth-order valence-electron chi connectivity index (χ4n) is 2.03. The van der Waals surface area contributed by atoms with Crippen molar-refractivity contribution in [2.45, 2.75) is 38.8 Å². The van der Waals surface area contributed by atoms with Crippen LogP contribution in [0, 0.1) is 0 Å². The Balaban J connectivity index is 2.08. The molecule has 0 bridgehead atoms. The maximum Gasteiger partial charge on any atom is 0.175 e. The van der Waals surface area contributed by atoms with Crippen molar-refractivity contribution >= 4 is 15.9 Å². The summed E-state index contributed by atoms with van der Waals surface area (Å²) in [6.07, 6.45) is 3.96. The second-order valence-corrected chi connectivity index (χ2v) is 5.41. The molecule has 0 atom stereocenters. The van der Waals surface area contributed by atoms with Crippen molar-refractivity contribution < 1.29 is 9.47 Å².